The van der Waals surface area contributed by atoms with Crippen LogP contribution < -0.4 is 14.8 Å². The molecular weight excluding hydrogens is 308 g/mol. The summed E-state index contributed by atoms with van der Waals surface area (Å²) in [6.07, 6.45) is -1.51. The molecule has 1 aromatic rings. The van der Waals surface area contributed by atoms with E-state index < -0.39 is 6.43 Å². The van der Waals surface area contributed by atoms with E-state index in [-0.39, 0.29) is 6.54 Å². The van der Waals surface area contributed by atoms with E-state index in [0.29, 0.717) is 31.3 Å². The monoisotopic (exact) mass is 321 g/mol. The zero-order valence-corrected chi connectivity index (χ0v) is 11.3. The molecule has 0 fully saturated rings. The van der Waals surface area contributed by atoms with Crippen LogP contribution in [-0.2, 0) is 6.54 Å². The Kier molecular flexibility index (Phi) is 4.77. The first-order valence-corrected chi connectivity index (χ1v) is 6.53. The van der Waals surface area contributed by atoms with Crippen LogP contribution in [0.2, 0.25) is 0 Å². The third-order valence-electron chi connectivity index (χ3n) is 2.49. The summed E-state index contributed by atoms with van der Waals surface area (Å²) in [5.41, 5.74) is 0.881. The number of halogens is 3. The predicted molar refractivity (Wildman–Crippen MR) is 67.5 cm³/mol. The van der Waals surface area contributed by atoms with Crippen molar-refractivity contribution in [1.29, 1.82) is 0 Å². The van der Waals surface area contributed by atoms with Gasteiger partial charge in [0.2, 0.25) is 0 Å². The molecule has 0 unspecified atom stereocenters. The maximum Gasteiger partial charge on any atom is 0.250 e. The molecule has 0 aromatic heterocycles. The Bertz CT molecular complexity index is 415. The Hall–Kier alpha value is -0.880. The number of hydrogen-bond donors (Lipinski definition) is 1. The minimum atomic E-state index is -2.34. The van der Waals surface area contributed by atoms with Crippen LogP contribution in [-0.4, -0.2) is 26.2 Å². The predicted octanol–water partition coefficient (Wildman–Crippen LogP) is 2.97. The van der Waals surface area contributed by atoms with Gasteiger partial charge >= 0.3 is 0 Å². The van der Waals surface area contributed by atoms with Crippen LogP contribution in [0.1, 0.15) is 12.0 Å². The summed E-state index contributed by atoms with van der Waals surface area (Å²) >= 11 is 3.41. The van der Waals surface area contributed by atoms with E-state index in [1.54, 1.807) is 0 Å². The highest BCUT2D eigenvalue weighted by Crippen LogP contribution is 2.38. The Labute approximate surface area is 113 Å². The van der Waals surface area contributed by atoms with Gasteiger partial charge < -0.3 is 14.8 Å². The average molecular weight is 322 g/mol. The fourth-order valence-electron chi connectivity index (χ4n) is 1.71. The smallest absolute Gasteiger partial charge is 0.250 e. The van der Waals surface area contributed by atoms with Gasteiger partial charge in [-0.05, 0) is 33.6 Å². The van der Waals surface area contributed by atoms with E-state index in [1.807, 2.05) is 12.1 Å². The second kappa shape index (κ2) is 6.33. The lowest BCUT2D eigenvalue weighted by molar-refractivity contribution is 0.145. The Morgan fingerprint density at radius 3 is 2.83 bits per heavy atom. The van der Waals surface area contributed by atoms with Gasteiger partial charge in [0, 0.05) is 13.0 Å². The first-order chi connectivity index (χ1) is 8.66. The molecule has 0 aliphatic carbocycles. The van der Waals surface area contributed by atoms with E-state index in [0.717, 1.165) is 16.5 Å². The van der Waals surface area contributed by atoms with Crippen molar-refractivity contribution in [2.75, 3.05) is 19.8 Å². The van der Waals surface area contributed by atoms with Gasteiger partial charge in [-0.25, -0.2) is 8.78 Å². The lowest BCUT2D eigenvalue weighted by Gasteiger charge is -2.12. The van der Waals surface area contributed by atoms with Crippen molar-refractivity contribution in [3.8, 4) is 11.5 Å². The van der Waals surface area contributed by atoms with Crippen molar-refractivity contribution in [3.63, 3.8) is 0 Å². The molecule has 0 bridgehead atoms. The van der Waals surface area contributed by atoms with Crippen LogP contribution in [0.15, 0.2) is 16.6 Å². The molecule has 0 radical (unpaired) electrons. The molecule has 0 atom stereocenters. The Balaban J connectivity index is 2.08. The number of nitrogens with one attached hydrogen (secondary N) is 1. The highest BCUT2D eigenvalue weighted by atomic mass is 79.9. The molecule has 2 rings (SSSR count). The van der Waals surface area contributed by atoms with Crippen LogP contribution in [0.5, 0.6) is 11.5 Å². The Morgan fingerprint density at radius 2 is 2.06 bits per heavy atom. The van der Waals surface area contributed by atoms with E-state index in [1.165, 1.54) is 0 Å². The molecule has 100 valence electrons. The standard InChI is InChI=1S/C12H14BrF2NO2/c13-9-4-8(6-16-7-11(14)15)5-10-12(9)18-3-1-2-17-10/h4-5,11,16H,1-3,6-7H2. The molecule has 18 heavy (non-hydrogen) atoms. The second-order valence-corrected chi connectivity index (χ2v) is 4.83. The molecule has 1 aromatic carbocycles. The summed E-state index contributed by atoms with van der Waals surface area (Å²) in [5, 5.41) is 2.68. The zero-order valence-electron chi connectivity index (χ0n) is 9.72. The SMILES string of the molecule is FC(F)CNCc1cc(Br)c2c(c1)OCCCO2. The lowest BCUT2D eigenvalue weighted by atomic mass is 10.2. The molecule has 1 heterocycles. The first kappa shape index (κ1) is 13.5. The molecule has 0 saturated heterocycles. The van der Waals surface area contributed by atoms with Crippen molar-refractivity contribution in [1.82, 2.24) is 5.32 Å². The van der Waals surface area contributed by atoms with Gasteiger partial charge in [-0.15, -0.1) is 0 Å². The normalized spacial score (nSPS) is 14.7. The van der Waals surface area contributed by atoms with E-state index in [2.05, 4.69) is 21.2 Å². The highest BCUT2D eigenvalue weighted by molar-refractivity contribution is 9.10. The first-order valence-electron chi connectivity index (χ1n) is 5.73. The van der Waals surface area contributed by atoms with Crippen molar-refractivity contribution in [3.05, 3.63) is 22.2 Å². The maximum absolute atomic E-state index is 12.0. The topological polar surface area (TPSA) is 30.5 Å². The fraction of sp³-hybridized carbons (Fsp3) is 0.500. The molecule has 0 amide bonds. The third kappa shape index (κ3) is 3.55. The molecule has 0 saturated carbocycles. The summed E-state index contributed by atoms with van der Waals surface area (Å²) < 4.78 is 36.0. The quantitative estimate of drug-likeness (QED) is 0.924. The van der Waals surface area contributed by atoms with Crippen LogP contribution >= 0.6 is 15.9 Å². The minimum absolute atomic E-state index is 0.313. The number of alkyl halides is 2. The van der Waals surface area contributed by atoms with E-state index in [4.69, 9.17) is 9.47 Å². The lowest BCUT2D eigenvalue weighted by Crippen LogP contribution is -2.20. The highest BCUT2D eigenvalue weighted by Gasteiger charge is 2.15. The molecule has 6 heteroatoms. The zero-order chi connectivity index (χ0) is 13.0. The molecule has 1 aliphatic heterocycles. The van der Waals surface area contributed by atoms with Crippen LogP contribution in [0, 0.1) is 0 Å². The summed E-state index contributed by atoms with van der Waals surface area (Å²) in [6.45, 7) is 1.29. The third-order valence-corrected chi connectivity index (χ3v) is 3.08. The fourth-order valence-corrected chi connectivity index (χ4v) is 2.32. The summed E-state index contributed by atoms with van der Waals surface area (Å²) in [4.78, 5) is 0. The number of ether oxygens (including phenoxy) is 2. The van der Waals surface area contributed by atoms with Gasteiger partial charge in [0.25, 0.3) is 6.43 Å². The molecular formula is C12H14BrF2NO2. The molecule has 3 nitrogen and oxygen atoms in total. The van der Waals surface area contributed by atoms with Gasteiger partial charge in [0.15, 0.2) is 11.5 Å². The summed E-state index contributed by atoms with van der Waals surface area (Å²) in [5.74, 6) is 1.35. The second-order valence-electron chi connectivity index (χ2n) is 3.98. The number of hydrogen-bond acceptors (Lipinski definition) is 3. The van der Waals surface area contributed by atoms with E-state index in [9.17, 15) is 8.78 Å². The number of benzene rings is 1. The molecule has 1 aliphatic rings. The van der Waals surface area contributed by atoms with Crippen molar-refractivity contribution in [2.24, 2.45) is 0 Å². The van der Waals surface area contributed by atoms with Gasteiger partial charge in [-0.3, -0.25) is 0 Å². The van der Waals surface area contributed by atoms with Gasteiger partial charge in [0.1, 0.15) is 0 Å². The van der Waals surface area contributed by atoms with Gasteiger partial charge in [-0.1, -0.05) is 0 Å². The van der Waals surface area contributed by atoms with E-state index >= 15 is 0 Å². The van der Waals surface area contributed by atoms with Crippen LogP contribution in [0.3, 0.4) is 0 Å². The largest absolute Gasteiger partial charge is 0.490 e. The van der Waals surface area contributed by atoms with Crippen LogP contribution in [0.25, 0.3) is 0 Å². The Morgan fingerprint density at radius 1 is 1.28 bits per heavy atom. The van der Waals surface area contributed by atoms with Crippen molar-refractivity contribution >= 4 is 15.9 Å². The van der Waals surface area contributed by atoms with Gasteiger partial charge in [0.05, 0.1) is 24.2 Å². The van der Waals surface area contributed by atoms with Crippen molar-refractivity contribution < 1.29 is 18.3 Å². The molecule has 1 N–H and O–H groups in total. The van der Waals surface area contributed by atoms with Crippen LogP contribution in [0.4, 0.5) is 8.78 Å². The molecule has 0 spiro atoms. The maximum atomic E-state index is 12.0. The summed E-state index contributed by atoms with van der Waals surface area (Å²) in [6, 6.07) is 3.68. The minimum Gasteiger partial charge on any atom is -0.490 e. The average Bonchev–Trinajstić information content (AvgIpc) is 2.54. The number of fused-ring (bicyclic) bond motifs is 1. The van der Waals surface area contributed by atoms with Crippen molar-refractivity contribution in [2.45, 2.75) is 19.4 Å². The summed E-state index contributed by atoms with van der Waals surface area (Å²) in [7, 11) is 0. The number of rotatable bonds is 4. The van der Waals surface area contributed by atoms with Gasteiger partial charge in [-0.2, -0.15) is 0 Å².